The lowest BCUT2D eigenvalue weighted by Gasteiger charge is -2.05. The summed E-state index contributed by atoms with van der Waals surface area (Å²) in [6, 6.07) is 14.1. The quantitative estimate of drug-likeness (QED) is 0.829. The molecule has 2 rings (SSSR count). The van der Waals surface area contributed by atoms with E-state index < -0.39 is 0 Å². The van der Waals surface area contributed by atoms with Crippen molar-refractivity contribution in [3.63, 3.8) is 0 Å². The molecule has 2 aromatic rings. The highest BCUT2D eigenvalue weighted by molar-refractivity contribution is 5.74. The van der Waals surface area contributed by atoms with Crippen LogP contribution in [0.1, 0.15) is 23.7 Å². The molecule has 20 heavy (non-hydrogen) atoms. The Morgan fingerprint density at radius 1 is 1.10 bits per heavy atom. The highest BCUT2D eigenvalue weighted by Gasteiger charge is 2.12. The van der Waals surface area contributed by atoms with Crippen LogP contribution in [0.4, 0.5) is 0 Å². The van der Waals surface area contributed by atoms with E-state index in [1.807, 2.05) is 41.8 Å². The number of aryl methyl sites for hydroxylation is 2. The van der Waals surface area contributed by atoms with Gasteiger partial charge in [-0.15, -0.1) is 0 Å². The minimum absolute atomic E-state index is 0.0372. The van der Waals surface area contributed by atoms with Gasteiger partial charge < -0.3 is 5.32 Å². The van der Waals surface area contributed by atoms with Crippen molar-refractivity contribution >= 4 is 5.91 Å². The first-order chi connectivity index (χ1) is 9.69. The SMILES string of the molecule is CCc1ccc(C)[n+](CC(=O)NCc2ccccc2)c1. The number of amides is 1. The fourth-order valence-corrected chi connectivity index (χ4v) is 2.06. The van der Waals surface area contributed by atoms with Gasteiger partial charge in [-0.3, -0.25) is 4.79 Å². The predicted octanol–water partition coefficient (Wildman–Crippen LogP) is 2.16. The number of benzene rings is 1. The third-order valence-electron chi connectivity index (χ3n) is 3.37. The van der Waals surface area contributed by atoms with E-state index in [0.29, 0.717) is 13.1 Å². The number of rotatable bonds is 5. The predicted molar refractivity (Wildman–Crippen MR) is 79.0 cm³/mol. The van der Waals surface area contributed by atoms with Crippen LogP contribution in [-0.4, -0.2) is 5.91 Å². The maximum Gasteiger partial charge on any atom is 0.286 e. The fourth-order valence-electron chi connectivity index (χ4n) is 2.06. The second kappa shape index (κ2) is 6.85. The number of nitrogens with one attached hydrogen (secondary N) is 1. The minimum Gasteiger partial charge on any atom is -0.347 e. The van der Waals surface area contributed by atoms with E-state index in [1.54, 1.807) is 0 Å². The number of carbonyl (C=O) groups excluding carboxylic acids is 1. The molecule has 0 saturated carbocycles. The first-order valence-electron chi connectivity index (χ1n) is 6.98. The summed E-state index contributed by atoms with van der Waals surface area (Å²) in [6.07, 6.45) is 3.03. The largest absolute Gasteiger partial charge is 0.347 e. The molecular weight excluding hydrogens is 248 g/mol. The molecule has 0 aliphatic heterocycles. The van der Waals surface area contributed by atoms with Gasteiger partial charge in [0, 0.05) is 25.1 Å². The maximum absolute atomic E-state index is 12.0. The Bertz CT molecular complexity index is 579. The number of carbonyl (C=O) groups is 1. The molecule has 1 heterocycles. The Balaban J connectivity index is 1.94. The maximum atomic E-state index is 12.0. The second-order valence-corrected chi connectivity index (χ2v) is 4.92. The van der Waals surface area contributed by atoms with Crippen molar-refractivity contribution in [3.05, 3.63) is 65.5 Å². The molecule has 0 spiro atoms. The molecule has 3 heteroatoms. The van der Waals surface area contributed by atoms with Crippen molar-refractivity contribution in [1.82, 2.24) is 5.32 Å². The van der Waals surface area contributed by atoms with E-state index in [4.69, 9.17) is 0 Å². The van der Waals surface area contributed by atoms with Gasteiger partial charge in [-0.25, -0.2) is 0 Å². The normalized spacial score (nSPS) is 10.3. The first-order valence-corrected chi connectivity index (χ1v) is 6.98. The van der Waals surface area contributed by atoms with Crippen LogP contribution in [0.5, 0.6) is 0 Å². The van der Waals surface area contributed by atoms with Crippen molar-refractivity contribution in [3.8, 4) is 0 Å². The third-order valence-corrected chi connectivity index (χ3v) is 3.37. The standard InChI is InChI=1S/C17H20N2O/c1-3-15-10-9-14(2)19(12-15)13-17(20)18-11-16-7-5-4-6-8-16/h4-10,12H,3,11,13H2,1-2H3/p+1. The summed E-state index contributed by atoms with van der Waals surface area (Å²) in [6.45, 7) is 5.08. The second-order valence-electron chi connectivity index (χ2n) is 4.92. The molecule has 0 saturated heterocycles. The van der Waals surface area contributed by atoms with Gasteiger partial charge in [0.2, 0.25) is 6.54 Å². The molecule has 0 atom stereocenters. The zero-order chi connectivity index (χ0) is 14.4. The molecule has 3 nitrogen and oxygen atoms in total. The van der Waals surface area contributed by atoms with Gasteiger partial charge in [0.1, 0.15) is 0 Å². The van der Waals surface area contributed by atoms with E-state index in [2.05, 4.69) is 30.6 Å². The van der Waals surface area contributed by atoms with Crippen molar-refractivity contribution in [2.45, 2.75) is 33.4 Å². The highest BCUT2D eigenvalue weighted by Crippen LogP contribution is 1.99. The van der Waals surface area contributed by atoms with Crippen LogP contribution in [0.15, 0.2) is 48.7 Å². The number of hydrogen-bond donors (Lipinski definition) is 1. The molecular formula is C17H21N2O+. The van der Waals surface area contributed by atoms with Gasteiger partial charge in [-0.05, 0) is 18.1 Å². The minimum atomic E-state index is 0.0372. The molecule has 0 aliphatic carbocycles. The molecule has 0 fully saturated rings. The summed E-state index contributed by atoms with van der Waals surface area (Å²) >= 11 is 0. The lowest BCUT2D eigenvalue weighted by atomic mass is 10.2. The van der Waals surface area contributed by atoms with E-state index in [-0.39, 0.29) is 5.91 Å². The molecule has 0 radical (unpaired) electrons. The van der Waals surface area contributed by atoms with E-state index >= 15 is 0 Å². The molecule has 0 unspecified atom stereocenters. The number of pyridine rings is 1. The summed E-state index contributed by atoms with van der Waals surface area (Å²) in [5.74, 6) is 0.0372. The summed E-state index contributed by atoms with van der Waals surface area (Å²) in [7, 11) is 0. The van der Waals surface area contributed by atoms with Crippen LogP contribution >= 0.6 is 0 Å². The van der Waals surface area contributed by atoms with Gasteiger partial charge in [0.25, 0.3) is 5.91 Å². The van der Waals surface area contributed by atoms with Crippen LogP contribution < -0.4 is 9.88 Å². The number of hydrogen-bond acceptors (Lipinski definition) is 1. The van der Waals surface area contributed by atoms with Crippen molar-refractivity contribution < 1.29 is 9.36 Å². The lowest BCUT2D eigenvalue weighted by molar-refractivity contribution is -0.690. The van der Waals surface area contributed by atoms with Gasteiger partial charge in [0.05, 0.1) is 0 Å². The Morgan fingerprint density at radius 2 is 1.85 bits per heavy atom. The average Bonchev–Trinajstić information content (AvgIpc) is 2.48. The smallest absolute Gasteiger partial charge is 0.286 e. The van der Waals surface area contributed by atoms with Crippen molar-refractivity contribution in [2.24, 2.45) is 0 Å². The van der Waals surface area contributed by atoms with Gasteiger partial charge in [-0.1, -0.05) is 37.3 Å². The molecule has 1 aromatic carbocycles. The highest BCUT2D eigenvalue weighted by atomic mass is 16.1. The van der Waals surface area contributed by atoms with Crippen molar-refractivity contribution in [2.75, 3.05) is 0 Å². The van der Waals surface area contributed by atoms with E-state index in [0.717, 1.165) is 17.7 Å². The van der Waals surface area contributed by atoms with E-state index in [1.165, 1.54) is 5.56 Å². The Kier molecular flexibility index (Phi) is 4.88. The molecule has 1 amide bonds. The summed E-state index contributed by atoms with van der Waals surface area (Å²) < 4.78 is 2.00. The third kappa shape index (κ3) is 3.92. The molecule has 0 bridgehead atoms. The lowest BCUT2D eigenvalue weighted by Crippen LogP contribution is -2.45. The van der Waals surface area contributed by atoms with Gasteiger partial charge >= 0.3 is 0 Å². The van der Waals surface area contributed by atoms with Crippen LogP contribution in [0.25, 0.3) is 0 Å². The Hall–Kier alpha value is -2.16. The first kappa shape index (κ1) is 14.3. The van der Waals surface area contributed by atoms with E-state index in [9.17, 15) is 4.79 Å². The zero-order valence-corrected chi connectivity index (χ0v) is 12.1. The Morgan fingerprint density at radius 3 is 2.55 bits per heavy atom. The fraction of sp³-hybridized carbons (Fsp3) is 0.294. The van der Waals surface area contributed by atoms with Crippen molar-refractivity contribution in [1.29, 1.82) is 0 Å². The van der Waals surface area contributed by atoms with Crippen LogP contribution in [0.2, 0.25) is 0 Å². The monoisotopic (exact) mass is 269 g/mol. The summed E-state index contributed by atoms with van der Waals surface area (Å²) in [4.78, 5) is 12.0. The molecule has 0 aliphatic rings. The average molecular weight is 269 g/mol. The molecule has 1 aromatic heterocycles. The summed E-state index contributed by atoms with van der Waals surface area (Å²) in [5.41, 5.74) is 3.45. The summed E-state index contributed by atoms with van der Waals surface area (Å²) in [5, 5.41) is 2.95. The number of nitrogens with zero attached hydrogens (tertiary/aromatic N) is 1. The van der Waals surface area contributed by atoms with Crippen LogP contribution in [0.3, 0.4) is 0 Å². The van der Waals surface area contributed by atoms with Crippen LogP contribution in [-0.2, 0) is 24.3 Å². The van der Waals surface area contributed by atoms with Gasteiger partial charge in [0.15, 0.2) is 11.9 Å². The number of aromatic nitrogens is 1. The molecule has 104 valence electrons. The topological polar surface area (TPSA) is 33.0 Å². The molecule has 1 N–H and O–H groups in total. The Labute approximate surface area is 120 Å². The van der Waals surface area contributed by atoms with Gasteiger partial charge in [-0.2, -0.15) is 4.57 Å². The zero-order valence-electron chi connectivity index (χ0n) is 12.1. The van der Waals surface area contributed by atoms with Crippen LogP contribution in [0, 0.1) is 6.92 Å².